The molecule has 1 heterocycles. The zero-order valence-corrected chi connectivity index (χ0v) is 18.5. The molecule has 0 spiro atoms. The van der Waals surface area contributed by atoms with Crippen molar-refractivity contribution in [2.24, 2.45) is 0 Å². The van der Waals surface area contributed by atoms with Gasteiger partial charge >= 0.3 is 5.97 Å². The molecule has 1 atom stereocenters. The number of rotatable bonds is 8. The molecule has 0 aromatic heterocycles. The largest absolute Gasteiger partial charge is 0.497 e. The lowest BCUT2D eigenvalue weighted by Crippen LogP contribution is -2.35. The van der Waals surface area contributed by atoms with E-state index in [2.05, 4.69) is 0 Å². The number of hydrogen-bond acceptors (Lipinski definition) is 6. The van der Waals surface area contributed by atoms with Crippen molar-refractivity contribution < 1.29 is 28.5 Å². The minimum Gasteiger partial charge on any atom is -0.497 e. The molecular formula is C24H29NO6. The van der Waals surface area contributed by atoms with E-state index in [1.807, 2.05) is 50.2 Å². The van der Waals surface area contributed by atoms with Crippen LogP contribution in [0.1, 0.15) is 35.6 Å². The summed E-state index contributed by atoms with van der Waals surface area (Å²) in [6, 6.07) is 11.1. The fourth-order valence-corrected chi connectivity index (χ4v) is 3.91. The van der Waals surface area contributed by atoms with Gasteiger partial charge < -0.3 is 23.8 Å². The maximum absolute atomic E-state index is 12.8. The Labute approximate surface area is 182 Å². The van der Waals surface area contributed by atoms with Gasteiger partial charge in [0.1, 0.15) is 17.2 Å². The summed E-state index contributed by atoms with van der Waals surface area (Å²) < 4.78 is 21.5. The summed E-state index contributed by atoms with van der Waals surface area (Å²) >= 11 is 0. The van der Waals surface area contributed by atoms with E-state index < -0.39 is 5.97 Å². The van der Waals surface area contributed by atoms with E-state index >= 15 is 0 Å². The zero-order chi connectivity index (χ0) is 22.4. The fraction of sp³-hybridized carbons (Fsp3) is 0.417. The summed E-state index contributed by atoms with van der Waals surface area (Å²) in [6.07, 6.45) is 1.67. The maximum Gasteiger partial charge on any atom is 0.344 e. The number of aryl methyl sites for hydroxylation is 2. The number of nitrogens with zero attached hydrogens (tertiary/aromatic N) is 1. The molecule has 1 aliphatic rings. The molecule has 0 bridgehead atoms. The lowest BCUT2D eigenvalue weighted by molar-refractivity contribution is -0.154. The van der Waals surface area contributed by atoms with Crippen LogP contribution in [0.4, 0.5) is 0 Å². The Hall–Kier alpha value is -3.22. The van der Waals surface area contributed by atoms with Gasteiger partial charge in [-0.15, -0.1) is 0 Å². The van der Waals surface area contributed by atoms with Gasteiger partial charge in [-0.2, -0.15) is 0 Å². The minimum absolute atomic E-state index is 0.150. The molecule has 1 fully saturated rings. The number of methoxy groups -OCH3 is 2. The lowest BCUT2D eigenvalue weighted by atomic mass is 10.0. The molecule has 166 valence electrons. The highest BCUT2D eigenvalue weighted by Crippen LogP contribution is 2.38. The van der Waals surface area contributed by atoms with Crippen molar-refractivity contribution in [3.05, 3.63) is 53.1 Å². The number of likely N-dealkylation sites (tertiary alicyclic amines) is 1. The molecule has 3 rings (SSSR count). The van der Waals surface area contributed by atoms with Gasteiger partial charge in [0.2, 0.25) is 0 Å². The molecule has 1 aliphatic heterocycles. The summed E-state index contributed by atoms with van der Waals surface area (Å²) in [5, 5.41) is 0. The first-order chi connectivity index (χ1) is 14.9. The van der Waals surface area contributed by atoms with E-state index in [-0.39, 0.29) is 25.2 Å². The average Bonchev–Trinajstić information content (AvgIpc) is 3.24. The SMILES string of the molecule is COc1ccc(OC)c([C@@H]2CCCN2C(=O)COC(=O)COc2cc(C)cc(C)c2)c1. The van der Waals surface area contributed by atoms with Crippen molar-refractivity contribution in [3.63, 3.8) is 0 Å². The van der Waals surface area contributed by atoms with Crippen LogP contribution in [0, 0.1) is 13.8 Å². The molecule has 2 aromatic rings. The fourth-order valence-electron chi connectivity index (χ4n) is 3.91. The molecule has 31 heavy (non-hydrogen) atoms. The van der Waals surface area contributed by atoms with Gasteiger partial charge in [-0.1, -0.05) is 6.07 Å². The van der Waals surface area contributed by atoms with Gasteiger partial charge in [0.25, 0.3) is 5.91 Å². The second-order valence-corrected chi connectivity index (χ2v) is 7.63. The van der Waals surface area contributed by atoms with Gasteiger partial charge in [0, 0.05) is 12.1 Å². The van der Waals surface area contributed by atoms with Crippen LogP contribution in [0.5, 0.6) is 17.2 Å². The Morgan fingerprint density at radius 2 is 1.71 bits per heavy atom. The van der Waals surface area contributed by atoms with Crippen molar-refractivity contribution >= 4 is 11.9 Å². The van der Waals surface area contributed by atoms with Crippen LogP contribution < -0.4 is 14.2 Å². The Bertz CT molecular complexity index is 921. The topological polar surface area (TPSA) is 74.3 Å². The van der Waals surface area contributed by atoms with Crippen LogP contribution in [0.2, 0.25) is 0 Å². The van der Waals surface area contributed by atoms with Crippen LogP contribution in [0.15, 0.2) is 36.4 Å². The summed E-state index contributed by atoms with van der Waals surface area (Å²) in [5.41, 5.74) is 2.98. The number of benzene rings is 2. The molecule has 1 amide bonds. The van der Waals surface area contributed by atoms with Crippen molar-refractivity contribution in [1.82, 2.24) is 4.90 Å². The summed E-state index contributed by atoms with van der Waals surface area (Å²) in [5.74, 6) is 1.18. The van der Waals surface area contributed by atoms with Crippen molar-refractivity contribution in [1.29, 1.82) is 0 Å². The minimum atomic E-state index is -0.581. The Kier molecular flexibility index (Phi) is 7.39. The van der Waals surface area contributed by atoms with Crippen LogP contribution >= 0.6 is 0 Å². The monoisotopic (exact) mass is 427 g/mol. The van der Waals surface area contributed by atoms with Crippen LogP contribution in [0.3, 0.4) is 0 Å². The van der Waals surface area contributed by atoms with Gasteiger partial charge in [0.15, 0.2) is 13.2 Å². The molecular weight excluding hydrogens is 398 g/mol. The summed E-state index contributed by atoms with van der Waals surface area (Å²) in [4.78, 5) is 26.6. The van der Waals surface area contributed by atoms with Gasteiger partial charge in [0.05, 0.1) is 20.3 Å². The quantitative estimate of drug-likeness (QED) is 0.599. The smallest absolute Gasteiger partial charge is 0.344 e. The molecule has 0 unspecified atom stereocenters. The average molecular weight is 427 g/mol. The van der Waals surface area contributed by atoms with Crippen LogP contribution in [-0.4, -0.2) is 50.8 Å². The number of amides is 1. The Balaban J connectivity index is 1.58. The summed E-state index contributed by atoms with van der Waals surface area (Å²) in [6.45, 7) is 3.95. The first-order valence-corrected chi connectivity index (χ1v) is 10.3. The number of esters is 1. The van der Waals surface area contributed by atoms with Crippen molar-refractivity contribution in [2.75, 3.05) is 34.0 Å². The van der Waals surface area contributed by atoms with Gasteiger partial charge in [-0.25, -0.2) is 4.79 Å². The molecule has 0 radical (unpaired) electrons. The van der Waals surface area contributed by atoms with E-state index in [4.69, 9.17) is 18.9 Å². The van der Waals surface area contributed by atoms with Crippen molar-refractivity contribution in [3.8, 4) is 17.2 Å². The van der Waals surface area contributed by atoms with Gasteiger partial charge in [-0.05, 0) is 68.1 Å². The van der Waals surface area contributed by atoms with E-state index in [1.54, 1.807) is 19.1 Å². The van der Waals surface area contributed by atoms with Crippen LogP contribution in [0.25, 0.3) is 0 Å². The highest BCUT2D eigenvalue weighted by Gasteiger charge is 2.32. The number of carbonyl (C=O) groups excluding carboxylic acids is 2. The highest BCUT2D eigenvalue weighted by atomic mass is 16.6. The second kappa shape index (κ2) is 10.2. The van der Waals surface area contributed by atoms with Crippen LogP contribution in [-0.2, 0) is 14.3 Å². The van der Waals surface area contributed by atoms with E-state index in [0.717, 1.165) is 29.5 Å². The molecule has 0 saturated carbocycles. The summed E-state index contributed by atoms with van der Waals surface area (Å²) in [7, 11) is 3.20. The maximum atomic E-state index is 12.8. The third-order valence-corrected chi connectivity index (χ3v) is 5.28. The normalized spacial score (nSPS) is 15.5. The second-order valence-electron chi connectivity index (χ2n) is 7.63. The zero-order valence-electron chi connectivity index (χ0n) is 18.5. The molecule has 0 N–H and O–H groups in total. The predicted molar refractivity (Wildman–Crippen MR) is 116 cm³/mol. The number of carbonyl (C=O) groups is 2. The third-order valence-electron chi connectivity index (χ3n) is 5.28. The standard InChI is InChI=1S/C24H29NO6/c1-16-10-17(2)12-19(11-16)30-15-24(27)31-14-23(26)25-9-5-6-21(25)20-13-18(28-3)7-8-22(20)29-4/h7-8,10-13,21H,5-6,9,14-15H2,1-4H3/t21-/m0/s1. The molecule has 7 heteroatoms. The van der Waals surface area contributed by atoms with Gasteiger partial charge in [-0.3, -0.25) is 4.79 Å². The molecule has 2 aromatic carbocycles. The number of hydrogen-bond donors (Lipinski definition) is 0. The van der Waals surface area contributed by atoms with E-state index in [0.29, 0.717) is 23.8 Å². The predicted octanol–water partition coefficient (Wildman–Crippen LogP) is 3.61. The van der Waals surface area contributed by atoms with E-state index in [9.17, 15) is 9.59 Å². The van der Waals surface area contributed by atoms with E-state index in [1.165, 1.54) is 0 Å². The first-order valence-electron chi connectivity index (χ1n) is 10.3. The molecule has 1 saturated heterocycles. The lowest BCUT2D eigenvalue weighted by Gasteiger charge is -2.26. The Morgan fingerprint density at radius 3 is 2.39 bits per heavy atom. The third kappa shape index (κ3) is 5.69. The highest BCUT2D eigenvalue weighted by molar-refractivity contribution is 5.81. The first kappa shape index (κ1) is 22.5. The molecule has 0 aliphatic carbocycles. The Morgan fingerprint density at radius 1 is 0.968 bits per heavy atom. The number of ether oxygens (including phenoxy) is 4. The molecule has 7 nitrogen and oxygen atoms in total. The van der Waals surface area contributed by atoms with Crippen molar-refractivity contribution in [2.45, 2.75) is 32.7 Å².